The molecule has 13 nitrogen and oxygen atoms in total. The fourth-order valence-corrected chi connectivity index (χ4v) is 4.86. The van der Waals surface area contributed by atoms with Crippen molar-refractivity contribution in [2.45, 2.75) is 31.3 Å². The molecule has 2 atom stereocenters. The van der Waals surface area contributed by atoms with Gasteiger partial charge in [0.1, 0.15) is 28.2 Å². The number of hydrogen-bond donors (Lipinski definition) is 2. The fourth-order valence-electron chi connectivity index (χ4n) is 3.07. The maximum Gasteiger partial charge on any atom is 0.404 e. The average molecular weight is 518 g/mol. The molecule has 1 aromatic rings. The first kappa shape index (κ1) is 22.7. The molecular weight excluding hydrogens is 502 g/mol. The van der Waals surface area contributed by atoms with Crippen LogP contribution in [0.4, 0.5) is 5.82 Å². The van der Waals surface area contributed by atoms with Gasteiger partial charge in [0.05, 0.1) is 17.8 Å². The van der Waals surface area contributed by atoms with Gasteiger partial charge in [-0.1, -0.05) is 0 Å². The number of nitrogens with one attached hydrogen (secondary N) is 1. The molecule has 1 saturated heterocycles. The zero-order chi connectivity index (χ0) is 22.9. The summed E-state index contributed by atoms with van der Waals surface area (Å²) in [5, 5.41) is 26.0. The van der Waals surface area contributed by atoms with Gasteiger partial charge in [0.25, 0.3) is 5.91 Å². The first-order valence-corrected chi connectivity index (χ1v) is 10.6. The van der Waals surface area contributed by atoms with Crippen LogP contribution < -0.4 is 5.32 Å². The molecule has 2 aliphatic heterocycles. The van der Waals surface area contributed by atoms with Gasteiger partial charge in [-0.3, -0.25) is 19.3 Å². The first-order valence-electron chi connectivity index (χ1n) is 8.80. The van der Waals surface area contributed by atoms with E-state index in [1.807, 2.05) is 0 Å². The van der Waals surface area contributed by atoms with Gasteiger partial charge in [-0.2, -0.15) is 4.68 Å². The van der Waals surface area contributed by atoms with E-state index in [0.717, 1.165) is 4.90 Å². The number of rotatable bonds is 8. The molecule has 0 saturated carbocycles. The van der Waals surface area contributed by atoms with Crippen molar-refractivity contribution < 1.29 is 33.9 Å². The summed E-state index contributed by atoms with van der Waals surface area (Å²) in [7, 11) is 0. The number of thioether (sulfide) groups is 1. The SMILES string of the molecule is CC(=O)OCC1=C(C(=O)O)N2C(=O)[C@@H](NC(=O)CCn3cc(Br)c([N+](=O)[O-])n3)[C@@H]2SC1. The Morgan fingerprint density at radius 2 is 2.19 bits per heavy atom. The van der Waals surface area contributed by atoms with Crippen molar-refractivity contribution in [2.24, 2.45) is 0 Å². The molecular formula is C16H16BrN5O8S. The van der Waals surface area contributed by atoms with E-state index in [2.05, 4.69) is 26.3 Å². The molecule has 2 aliphatic rings. The second-order valence-electron chi connectivity index (χ2n) is 6.56. The highest BCUT2D eigenvalue weighted by Gasteiger charge is 2.54. The molecule has 0 radical (unpaired) electrons. The minimum absolute atomic E-state index is 0.0491. The van der Waals surface area contributed by atoms with Gasteiger partial charge in [0, 0.05) is 24.7 Å². The number of carbonyl (C=O) groups is 4. The Bertz CT molecular complexity index is 1010. The number of nitrogens with zero attached hydrogens (tertiary/aromatic N) is 4. The van der Waals surface area contributed by atoms with Crippen LogP contribution in [-0.2, 0) is 30.5 Å². The van der Waals surface area contributed by atoms with Crippen LogP contribution in [0.3, 0.4) is 0 Å². The van der Waals surface area contributed by atoms with Crippen LogP contribution in [0.25, 0.3) is 0 Å². The quantitative estimate of drug-likeness (QED) is 0.210. The van der Waals surface area contributed by atoms with Crippen molar-refractivity contribution in [3.8, 4) is 0 Å². The van der Waals surface area contributed by atoms with Gasteiger partial charge in [0.15, 0.2) is 0 Å². The number of ether oxygens (including phenoxy) is 1. The van der Waals surface area contributed by atoms with E-state index >= 15 is 0 Å². The number of amides is 2. The van der Waals surface area contributed by atoms with Crippen molar-refractivity contribution in [2.75, 3.05) is 12.4 Å². The van der Waals surface area contributed by atoms with Gasteiger partial charge in [-0.15, -0.1) is 11.8 Å². The molecule has 2 amide bonds. The largest absolute Gasteiger partial charge is 0.477 e. The van der Waals surface area contributed by atoms with E-state index in [-0.39, 0.29) is 41.3 Å². The topological polar surface area (TPSA) is 174 Å². The van der Waals surface area contributed by atoms with Crippen molar-refractivity contribution in [1.82, 2.24) is 20.0 Å². The summed E-state index contributed by atoms with van der Waals surface area (Å²) in [5.41, 5.74) is 0.0575. The summed E-state index contributed by atoms with van der Waals surface area (Å²) in [4.78, 5) is 58.7. The maximum absolute atomic E-state index is 12.5. The van der Waals surface area contributed by atoms with Crippen molar-refractivity contribution >= 4 is 57.3 Å². The molecule has 0 aliphatic carbocycles. The molecule has 0 unspecified atom stereocenters. The lowest BCUT2D eigenvalue weighted by Crippen LogP contribution is -2.70. The van der Waals surface area contributed by atoms with E-state index in [9.17, 15) is 34.4 Å². The number of aliphatic carboxylic acids is 1. The van der Waals surface area contributed by atoms with Crippen LogP contribution in [-0.4, -0.2) is 72.2 Å². The highest BCUT2D eigenvalue weighted by Crippen LogP contribution is 2.40. The normalized spacial score (nSPS) is 20.1. The summed E-state index contributed by atoms with van der Waals surface area (Å²) >= 11 is 4.26. The minimum Gasteiger partial charge on any atom is -0.477 e. The lowest BCUT2D eigenvalue weighted by molar-refractivity contribution is -0.390. The summed E-state index contributed by atoms with van der Waals surface area (Å²) in [5.74, 6) is -3.11. The molecule has 3 rings (SSSR count). The zero-order valence-corrected chi connectivity index (χ0v) is 18.3. The van der Waals surface area contributed by atoms with Gasteiger partial charge in [0.2, 0.25) is 5.91 Å². The molecule has 166 valence electrons. The zero-order valence-electron chi connectivity index (χ0n) is 15.9. The fraction of sp³-hybridized carbons (Fsp3) is 0.438. The van der Waals surface area contributed by atoms with Crippen molar-refractivity contribution in [3.63, 3.8) is 0 Å². The maximum atomic E-state index is 12.5. The predicted molar refractivity (Wildman–Crippen MR) is 108 cm³/mol. The smallest absolute Gasteiger partial charge is 0.404 e. The summed E-state index contributed by atoms with van der Waals surface area (Å²) < 4.78 is 6.27. The van der Waals surface area contributed by atoms with Crippen LogP contribution in [0, 0.1) is 10.1 Å². The Balaban J connectivity index is 1.61. The third kappa shape index (κ3) is 4.71. The molecule has 3 heterocycles. The predicted octanol–water partition coefficient (Wildman–Crippen LogP) is 0.246. The minimum atomic E-state index is -1.32. The van der Waals surface area contributed by atoms with Gasteiger partial charge < -0.3 is 25.3 Å². The first-order chi connectivity index (χ1) is 14.6. The lowest BCUT2D eigenvalue weighted by atomic mass is 10.0. The number of carboxylic acid groups (broad SMARTS) is 1. The Kier molecular flexibility index (Phi) is 6.64. The van der Waals surface area contributed by atoms with Crippen molar-refractivity contribution in [1.29, 1.82) is 0 Å². The van der Waals surface area contributed by atoms with E-state index in [1.165, 1.54) is 29.6 Å². The second kappa shape index (κ2) is 9.05. The van der Waals surface area contributed by atoms with Gasteiger partial charge in [-0.05, 0) is 20.9 Å². The van der Waals surface area contributed by atoms with Crippen LogP contribution in [0.15, 0.2) is 21.9 Å². The Morgan fingerprint density at radius 3 is 2.77 bits per heavy atom. The van der Waals surface area contributed by atoms with Crippen molar-refractivity contribution in [3.05, 3.63) is 32.1 Å². The molecule has 1 fully saturated rings. The van der Waals surface area contributed by atoms with E-state index in [0.29, 0.717) is 5.57 Å². The Hall–Kier alpha value is -2.94. The third-order valence-corrected chi connectivity index (χ3v) is 6.36. The van der Waals surface area contributed by atoms with Crippen LogP contribution >= 0.6 is 27.7 Å². The Labute approximate surface area is 187 Å². The molecule has 0 aromatic carbocycles. The Morgan fingerprint density at radius 1 is 1.48 bits per heavy atom. The summed E-state index contributed by atoms with van der Waals surface area (Å²) in [6.45, 7) is 1.01. The number of halogens is 1. The van der Waals surface area contributed by atoms with E-state index < -0.39 is 40.1 Å². The molecule has 1 aromatic heterocycles. The number of nitro groups is 1. The number of carbonyl (C=O) groups excluding carboxylic acids is 3. The van der Waals surface area contributed by atoms with Gasteiger partial charge in [-0.25, -0.2) is 4.79 Å². The molecule has 2 N–H and O–H groups in total. The number of hydrogen-bond acceptors (Lipinski definition) is 9. The highest BCUT2D eigenvalue weighted by atomic mass is 79.9. The summed E-state index contributed by atoms with van der Waals surface area (Å²) in [6, 6.07) is -0.902. The molecule has 15 heteroatoms. The molecule has 31 heavy (non-hydrogen) atoms. The number of aromatic nitrogens is 2. The van der Waals surface area contributed by atoms with Crippen LogP contribution in [0.2, 0.25) is 0 Å². The lowest BCUT2D eigenvalue weighted by Gasteiger charge is -2.49. The van der Waals surface area contributed by atoms with E-state index in [1.54, 1.807) is 0 Å². The number of aryl methyl sites for hydroxylation is 1. The molecule has 0 bridgehead atoms. The number of carboxylic acids is 1. The van der Waals surface area contributed by atoms with Gasteiger partial charge >= 0.3 is 17.8 Å². The number of β-lactam (4-membered cyclic amide) rings is 1. The highest BCUT2D eigenvalue weighted by molar-refractivity contribution is 9.10. The average Bonchev–Trinajstić information content (AvgIpc) is 3.08. The summed E-state index contributed by atoms with van der Waals surface area (Å²) in [6.07, 6.45) is 1.28. The van der Waals surface area contributed by atoms with Crippen LogP contribution in [0.5, 0.6) is 0 Å². The second-order valence-corrected chi connectivity index (χ2v) is 8.52. The number of fused-ring (bicyclic) bond motifs is 1. The molecule has 0 spiro atoms. The van der Waals surface area contributed by atoms with Crippen LogP contribution in [0.1, 0.15) is 13.3 Å². The van der Waals surface area contributed by atoms with E-state index in [4.69, 9.17) is 4.74 Å². The third-order valence-electron chi connectivity index (χ3n) is 4.46. The standard InChI is InChI=1S/C16H16BrN5O8S/c1-7(23)30-5-8-6-31-15-11(14(25)21(15)12(8)16(26)27)18-10(24)2-3-20-4-9(17)13(19-20)22(28)29/h4,11,15H,2-3,5-6H2,1H3,(H,18,24)(H,26,27)/t11-,15+/m1/s1. The monoisotopic (exact) mass is 517 g/mol. The number of esters is 1.